The van der Waals surface area contributed by atoms with Crippen LogP contribution in [0.25, 0.3) is 0 Å². The number of nitrogens with zero attached hydrogens (tertiary/aromatic N) is 2. The summed E-state index contributed by atoms with van der Waals surface area (Å²) in [5.74, 6) is -2.49. The van der Waals surface area contributed by atoms with E-state index in [-0.39, 0.29) is 19.6 Å². The van der Waals surface area contributed by atoms with E-state index in [9.17, 15) is 57.6 Å². The normalized spacial score (nSPS) is 14.6. The number of aldehydes is 1. The van der Waals surface area contributed by atoms with Gasteiger partial charge in [-0.15, -0.1) is 0 Å². The lowest BCUT2D eigenvalue weighted by Crippen LogP contribution is -2.27. The summed E-state index contributed by atoms with van der Waals surface area (Å²) in [4.78, 5) is 54.9. The molecule has 438 valence electrons. The van der Waals surface area contributed by atoms with E-state index in [1.165, 1.54) is 139 Å². The lowest BCUT2D eigenvalue weighted by atomic mass is 10.2. The number of benzene rings is 4. The monoisotopic (exact) mass is 1240 g/mol. The van der Waals surface area contributed by atoms with Gasteiger partial charge in [-0.1, -0.05) is 86.2 Å². The minimum absolute atomic E-state index is 0.109. The molecule has 79 heavy (non-hydrogen) atoms. The van der Waals surface area contributed by atoms with Gasteiger partial charge in [0, 0.05) is 91.9 Å². The molecule has 2 aliphatic heterocycles. The largest absolute Gasteiger partial charge is 0.421 e. The molecule has 7 rings (SSSR count). The molecule has 4 aromatic rings. The predicted molar refractivity (Wildman–Crippen MR) is 288 cm³/mol. The third kappa shape index (κ3) is 27.1. The molecule has 23 nitrogen and oxygen atoms in total. The number of sulfonamides is 2. The second kappa shape index (κ2) is 32.8. The van der Waals surface area contributed by atoms with Crippen molar-refractivity contribution in [1.29, 1.82) is 0 Å². The SMILES string of the molecule is C1CCCC1.CC(=O)OC(OC(C)=O)c1ccc(S(=O)(=O)Cl)cc1.CC(=O)OC(OC(C)=O)c1ccc(S(=O)(=O)N2CCCC2)cc1.Cc1ccc(S(=O)(=O)Cl)cc1.O=Cc1ccc(S(=O)(=O)N2CCCC2)cc1.O=S(=O)(O)O. The van der Waals surface area contributed by atoms with E-state index in [1.54, 1.807) is 12.1 Å². The van der Waals surface area contributed by atoms with Crippen molar-refractivity contribution in [2.45, 2.75) is 125 Å². The lowest BCUT2D eigenvalue weighted by molar-refractivity contribution is -0.188. The van der Waals surface area contributed by atoms with Crippen LogP contribution >= 0.6 is 21.4 Å². The first-order valence-electron chi connectivity index (χ1n) is 23.7. The molecule has 4 aromatic carbocycles. The van der Waals surface area contributed by atoms with Crippen LogP contribution < -0.4 is 0 Å². The van der Waals surface area contributed by atoms with Gasteiger partial charge in [0.1, 0.15) is 6.29 Å². The Hall–Kier alpha value is -5.40. The number of ether oxygens (including phenoxy) is 4. The van der Waals surface area contributed by atoms with Crippen LogP contribution in [0.15, 0.2) is 117 Å². The van der Waals surface area contributed by atoms with Crippen molar-refractivity contribution in [3.05, 3.63) is 119 Å². The van der Waals surface area contributed by atoms with Gasteiger partial charge in [-0.25, -0.2) is 33.7 Å². The van der Waals surface area contributed by atoms with Crippen molar-refractivity contribution >= 4 is 100 Å². The van der Waals surface area contributed by atoms with Crippen molar-refractivity contribution in [1.82, 2.24) is 8.61 Å². The highest BCUT2D eigenvalue weighted by Gasteiger charge is 2.29. The van der Waals surface area contributed by atoms with Crippen LogP contribution in [-0.4, -0.2) is 116 Å². The number of aryl methyl sites for hydroxylation is 1. The fourth-order valence-electron chi connectivity index (χ4n) is 6.97. The number of esters is 4. The Kier molecular flexibility index (Phi) is 28.9. The molecule has 0 spiro atoms. The van der Waals surface area contributed by atoms with E-state index in [1.807, 2.05) is 6.92 Å². The molecule has 0 unspecified atom stereocenters. The zero-order valence-corrected chi connectivity index (χ0v) is 49.1. The molecule has 0 aromatic heterocycles. The van der Waals surface area contributed by atoms with Gasteiger partial charge in [-0.3, -0.25) is 33.1 Å². The van der Waals surface area contributed by atoms with E-state index in [4.69, 9.17) is 57.8 Å². The third-order valence-electron chi connectivity index (χ3n) is 10.7. The summed E-state index contributed by atoms with van der Waals surface area (Å²) in [7, 11) is -8.66. The van der Waals surface area contributed by atoms with Crippen LogP contribution in [-0.2, 0) is 86.7 Å². The number of hydrogen-bond donors (Lipinski definition) is 2. The fourth-order valence-corrected chi connectivity index (χ4v) is 11.5. The van der Waals surface area contributed by atoms with Gasteiger partial charge in [-0.2, -0.15) is 17.0 Å². The molecule has 0 atom stereocenters. The van der Waals surface area contributed by atoms with Gasteiger partial charge in [0.2, 0.25) is 20.0 Å². The Morgan fingerprint density at radius 2 is 0.684 bits per heavy atom. The van der Waals surface area contributed by atoms with Crippen molar-refractivity contribution in [3.8, 4) is 0 Å². The maximum atomic E-state index is 12.4. The van der Waals surface area contributed by atoms with Gasteiger partial charge >= 0.3 is 34.3 Å². The van der Waals surface area contributed by atoms with E-state index in [0.29, 0.717) is 49.2 Å². The summed E-state index contributed by atoms with van der Waals surface area (Å²) in [6, 6.07) is 23.3. The van der Waals surface area contributed by atoms with Gasteiger partial charge in [0.05, 0.1) is 19.6 Å². The molecule has 1 aliphatic carbocycles. The molecule has 0 bridgehead atoms. The van der Waals surface area contributed by atoms with Crippen LogP contribution in [0.3, 0.4) is 0 Å². The van der Waals surface area contributed by atoms with Crippen molar-refractivity contribution in [3.63, 3.8) is 0 Å². The molecule has 2 saturated heterocycles. The molecule has 1 saturated carbocycles. The lowest BCUT2D eigenvalue weighted by Gasteiger charge is -2.18. The van der Waals surface area contributed by atoms with Crippen molar-refractivity contribution < 1.29 is 94.1 Å². The average Bonchev–Trinajstić information content (AvgIpc) is 4.23. The summed E-state index contributed by atoms with van der Waals surface area (Å²) in [5.41, 5.74) is 2.19. The Bertz CT molecular complexity index is 3160. The first-order chi connectivity index (χ1) is 36.6. The Labute approximate surface area is 470 Å². The molecule has 0 radical (unpaired) electrons. The number of carbonyl (C=O) groups excluding carboxylic acids is 5. The molecule has 3 aliphatic rings. The minimum atomic E-state index is -4.67. The quantitative estimate of drug-likeness (QED) is 0.0423. The van der Waals surface area contributed by atoms with Crippen LogP contribution in [0.5, 0.6) is 0 Å². The first-order valence-corrected chi connectivity index (χ1v) is 32.6. The first kappa shape index (κ1) is 69.7. The summed E-state index contributed by atoms with van der Waals surface area (Å²) in [6.07, 6.45) is 9.36. The minimum Gasteiger partial charge on any atom is -0.421 e. The number of hydrogen-bond acceptors (Lipinski definition) is 19. The summed E-state index contributed by atoms with van der Waals surface area (Å²) < 4.78 is 147. The molecular formula is C49H62Cl2N2O21S5. The molecule has 30 heteroatoms. The van der Waals surface area contributed by atoms with Crippen molar-refractivity contribution in [2.24, 2.45) is 0 Å². The number of rotatable bonds is 13. The number of halogens is 2. The Morgan fingerprint density at radius 1 is 0.443 bits per heavy atom. The van der Waals surface area contributed by atoms with Crippen molar-refractivity contribution in [2.75, 3.05) is 26.2 Å². The van der Waals surface area contributed by atoms with Gasteiger partial charge in [-0.05, 0) is 81.1 Å². The van der Waals surface area contributed by atoms with Crippen LogP contribution in [0.1, 0.15) is 125 Å². The third-order valence-corrected chi connectivity index (χ3v) is 17.2. The molecule has 2 heterocycles. The number of carbonyl (C=O) groups is 5. The standard InChI is InChI=1S/C15H19NO6S.C11H11ClO6S.C11H13NO3S.C7H7ClO2S.C5H10.H2O4S/c1-11(17)21-15(22-12(2)18)13-5-7-14(8-6-13)23(19,20)16-9-3-4-10-16;1-7(13)17-11(18-8(2)14)9-3-5-10(6-4-9)19(12,15)16;13-9-10-3-5-11(6-4-10)16(14,15)12-7-1-2-8-12;1-6-2-4-7(5-3-6)11(8,9)10;1-2-4-5-3-1;1-5(2,3)4/h5-8,15H,3-4,9-10H2,1-2H3;3-6,11H,1-2H3;3-6,9H,1-2,7-8H2;2-5H,1H3;1-5H2;(H2,1,2,3,4). The maximum Gasteiger partial charge on any atom is 0.394 e. The van der Waals surface area contributed by atoms with E-state index >= 15 is 0 Å². The highest BCUT2D eigenvalue weighted by molar-refractivity contribution is 8.14. The van der Waals surface area contributed by atoms with E-state index in [2.05, 4.69) is 0 Å². The van der Waals surface area contributed by atoms with E-state index < -0.39 is 85.0 Å². The van der Waals surface area contributed by atoms with Gasteiger partial charge < -0.3 is 18.9 Å². The highest BCUT2D eigenvalue weighted by Crippen LogP contribution is 2.27. The Morgan fingerprint density at radius 3 is 0.924 bits per heavy atom. The van der Waals surface area contributed by atoms with Crippen LogP contribution in [0.2, 0.25) is 0 Å². The van der Waals surface area contributed by atoms with Gasteiger partial charge in [0.15, 0.2) is 0 Å². The van der Waals surface area contributed by atoms with E-state index in [0.717, 1.165) is 45.1 Å². The smallest absolute Gasteiger partial charge is 0.394 e. The molecule has 2 N–H and O–H groups in total. The molecule has 3 fully saturated rings. The summed E-state index contributed by atoms with van der Waals surface area (Å²) in [6.45, 7) is 8.83. The highest BCUT2D eigenvalue weighted by atomic mass is 35.7. The van der Waals surface area contributed by atoms with Crippen LogP contribution in [0, 0.1) is 6.92 Å². The maximum absolute atomic E-state index is 12.4. The topological polar surface area (TPSA) is 340 Å². The molecular weight excluding hydrogens is 1180 g/mol. The molecule has 0 amide bonds. The second-order valence-electron chi connectivity index (χ2n) is 17.1. The Balaban J connectivity index is 0.000000346. The van der Waals surface area contributed by atoms with Gasteiger partial charge in [0.25, 0.3) is 30.7 Å². The summed E-state index contributed by atoms with van der Waals surface area (Å²) >= 11 is 0. The summed E-state index contributed by atoms with van der Waals surface area (Å²) in [5, 5.41) is 0. The second-order valence-corrected chi connectivity index (χ2v) is 27.0. The van der Waals surface area contributed by atoms with Crippen LogP contribution in [0.4, 0.5) is 0 Å². The average molecular weight is 1250 g/mol. The zero-order valence-electron chi connectivity index (χ0n) is 43.5. The predicted octanol–water partition coefficient (Wildman–Crippen LogP) is 7.84. The zero-order chi connectivity index (χ0) is 59.8. The fraction of sp³-hybridized carbons (Fsp3) is 0.408.